The maximum Gasteiger partial charge on any atom is 0.242 e. The Labute approximate surface area is 170 Å². The normalized spacial score (nSPS) is 11.7. The summed E-state index contributed by atoms with van der Waals surface area (Å²) in [7, 11) is 0. The van der Waals surface area contributed by atoms with Crippen LogP contribution in [-0.2, 0) is 22.6 Å². The van der Waals surface area contributed by atoms with Gasteiger partial charge in [-0.1, -0.05) is 60.5 Å². The van der Waals surface area contributed by atoms with E-state index in [1.807, 2.05) is 44.2 Å². The van der Waals surface area contributed by atoms with Crippen molar-refractivity contribution in [1.29, 1.82) is 0 Å². The van der Waals surface area contributed by atoms with Crippen molar-refractivity contribution in [3.8, 4) is 0 Å². The number of likely N-dealkylation sites (N-methyl/N-ethyl adjacent to an activating group) is 1. The predicted molar refractivity (Wildman–Crippen MR) is 110 cm³/mol. The number of amides is 2. The quantitative estimate of drug-likeness (QED) is 0.702. The van der Waals surface area contributed by atoms with E-state index in [1.54, 1.807) is 23.1 Å². The summed E-state index contributed by atoms with van der Waals surface area (Å²) in [5, 5.41) is 4.02. The summed E-state index contributed by atoms with van der Waals surface area (Å²) in [5.74, 6) is -0.285. The molecule has 0 aliphatic rings. The van der Waals surface area contributed by atoms with E-state index in [4.69, 9.17) is 23.2 Å². The van der Waals surface area contributed by atoms with E-state index in [0.29, 0.717) is 23.0 Å². The zero-order valence-corrected chi connectivity index (χ0v) is 17.1. The Hall–Kier alpha value is -2.04. The summed E-state index contributed by atoms with van der Waals surface area (Å²) in [4.78, 5) is 27.2. The fourth-order valence-corrected chi connectivity index (χ4v) is 3.22. The molecule has 0 saturated carbocycles. The highest BCUT2D eigenvalue weighted by Crippen LogP contribution is 2.21. The monoisotopic (exact) mass is 406 g/mol. The number of carbonyl (C=O) groups excluding carboxylic acids is 2. The average Bonchev–Trinajstić information content (AvgIpc) is 2.65. The van der Waals surface area contributed by atoms with Gasteiger partial charge in [-0.2, -0.15) is 0 Å². The molecular weight excluding hydrogens is 383 g/mol. The molecule has 2 aromatic rings. The van der Waals surface area contributed by atoms with Gasteiger partial charge in [0.25, 0.3) is 0 Å². The molecule has 0 aliphatic carbocycles. The smallest absolute Gasteiger partial charge is 0.242 e. The molecule has 2 rings (SSSR count). The van der Waals surface area contributed by atoms with Crippen molar-refractivity contribution >= 4 is 35.0 Å². The number of nitrogens with zero attached hydrogens (tertiary/aromatic N) is 1. The van der Waals surface area contributed by atoms with Crippen molar-refractivity contribution < 1.29 is 9.59 Å². The molecular formula is C21H24Cl2N2O2. The van der Waals surface area contributed by atoms with Gasteiger partial charge in [-0.25, -0.2) is 0 Å². The SMILES string of the molecule is CCNC(=O)[C@H](CC)N(Cc1ccccc1Cl)C(=O)Cc1ccc(Cl)cc1. The largest absolute Gasteiger partial charge is 0.355 e. The van der Waals surface area contributed by atoms with Crippen molar-refractivity contribution in [2.24, 2.45) is 0 Å². The maximum atomic E-state index is 13.1. The fourth-order valence-electron chi connectivity index (χ4n) is 2.90. The van der Waals surface area contributed by atoms with Crippen molar-refractivity contribution in [1.82, 2.24) is 10.2 Å². The van der Waals surface area contributed by atoms with E-state index in [1.165, 1.54) is 0 Å². The Kier molecular flexibility index (Phi) is 8.14. The van der Waals surface area contributed by atoms with Gasteiger partial charge in [0.2, 0.25) is 11.8 Å². The number of nitrogens with one attached hydrogen (secondary N) is 1. The lowest BCUT2D eigenvalue weighted by atomic mass is 10.1. The lowest BCUT2D eigenvalue weighted by Gasteiger charge is -2.31. The molecule has 2 aromatic carbocycles. The second-order valence-electron chi connectivity index (χ2n) is 6.23. The summed E-state index contributed by atoms with van der Waals surface area (Å²) in [5.41, 5.74) is 1.66. The Bertz CT molecular complexity index is 778. The lowest BCUT2D eigenvalue weighted by Crippen LogP contribution is -2.49. The fraction of sp³-hybridized carbons (Fsp3) is 0.333. The van der Waals surface area contributed by atoms with Crippen LogP contribution >= 0.6 is 23.2 Å². The second kappa shape index (κ2) is 10.3. The first kappa shape index (κ1) is 21.3. The van der Waals surface area contributed by atoms with Crippen molar-refractivity contribution in [2.75, 3.05) is 6.54 Å². The Balaban J connectivity index is 2.29. The van der Waals surface area contributed by atoms with E-state index < -0.39 is 6.04 Å². The first-order valence-corrected chi connectivity index (χ1v) is 9.76. The van der Waals surface area contributed by atoms with Crippen LogP contribution in [0.25, 0.3) is 0 Å². The molecule has 0 fully saturated rings. The maximum absolute atomic E-state index is 13.1. The van der Waals surface area contributed by atoms with Crippen molar-refractivity contribution in [3.63, 3.8) is 0 Å². The second-order valence-corrected chi connectivity index (χ2v) is 7.08. The Morgan fingerprint density at radius 1 is 1.04 bits per heavy atom. The van der Waals surface area contributed by atoms with E-state index in [0.717, 1.165) is 11.1 Å². The lowest BCUT2D eigenvalue weighted by molar-refractivity contribution is -0.140. The zero-order chi connectivity index (χ0) is 19.8. The third-order valence-electron chi connectivity index (χ3n) is 4.30. The number of benzene rings is 2. The Morgan fingerprint density at radius 2 is 1.70 bits per heavy atom. The summed E-state index contributed by atoms with van der Waals surface area (Å²) in [6.45, 7) is 4.55. The number of hydrogen-bond acceptors (Lipinski definition) is 2. The molecule has 0 aliphatic heterocycles. The standard InChI is InChI=1S/C21H24Cl2N2O2/c1-3-19(21(27)24-4-2)25(14-16-7-5-6-8-18(16)23)20(26)13-15-9-11-17(22)12-10-15/h5-12,19H,3-4,13-14H2,1-2H3,(H,24,27)/t19-/m0/s1. The van der Waals surface area contributed by atoms with Gasteiger partial charge in [-0.15, -0.1) is 0 Å². The third-order valence-corrected chi connectivity index (χ3v) is 4.92. The molecule has 0 bridgehead atoms. The molecule has 0 saturated heterocycles. The van der Waals surface area contributed by atoms with E-state index >= 15 is 0 Å². The molecule has 6 heteroatoms. The summed E-state index contributed by atoms with van der Waals surface area (Å²) >= 11 is 12.2. The van der Waals surface area contributed by atoms with Crippen LogP contribution in [0, 0.1) is 0 Å². The summed E-state index contributed by atoms with van der Waals surface area (Å²) in [6.07, 6.45) is 0.709. The Morgan fingerprint density at radius 3 is 2.30 bits per heavy atom. The molecule has 27 heavy (non-hydrogen) atoms. The minimum Gasteiger partial charge on any atom is -0.355 e. The molecule has 1 atom stereocenters. The van der Waals surface area contributed by atoms with Crippen LogP contribution in [0.4, 0.5) is 0 Å². The van der Waals surface area contributed by atoms with Crippen LogP contribution < -0.4 is 5.32 Å². The molecule has 2 amide bonds. The highest BCUT2D eigenvalue weighted by atomic mass is 35.5. The molecule has 0 aromatic heterocycles. The molecule has 0 unspecified atom stereocenters. The van der Waals surface area contributed by atoms with Crippen molar-refractivity contribution in [3.05, 3.63) is 69.7 Å². The molecule has 0 radical (unpaired) electrons. The van der Waals surface area contributed by atoms with Crippen LogP contribution in [0.2, 0.25) is 10.0 Å². The topological polar surface area (TPSA) is 49.4 Å². The molecule has 1 N–H and O–H groups in total. The van der Waals surface area contributed by atoms with Crippen molar-refractivity contribution in [2.45, 2.75) is 39.3 Å². The minimum atomic E-state index is -0.555. The van der Waals surface area contributed by atoms with Crippen LogP contribution in [0.3, 0.4) is 0 Å². The predicted octanol–water partition coefficient (Wildman–Crippen LogP) is 4.48. The number of hydrogen-bond donors (Lipinski definition) is 1. The van der Waals surface area contributed by atoms with Gasteiger partial charge >= 0.3 is 0 Å². The average molecular weight is 407 g/mol. The van der Waals surface area contributed by atoms with E-state index in [9.17, 15) is 9.59 Å². The minimum absolute atomic E-state index is 0.129. The molecule has 0 heterocycles. The van der Waals surface area contributed by atoms with Gasteiger partial charge in [0.15, 0.2) is 0 Å². The van der Waals surface area contributed by atoms with Gasteiger partial charge in [-0.05, 0) is 42.7 Å². The molecule has 4 nitrogen and oxygen atoms in total. The molecule has 0 spiro atoms. The van der Waals surface area contributed by atoms with Gasteiger partial charge in [0.05, 0.1) is 6.42 Å². The zero-order valence-electron chi connectivity index (χ0n) is 15.5. The van der Waals surface area contributed by atoms with Crippen LogP contribution in [0.1, 0.15) is 31.4 Å². The van der Waals surface area contributed by atoms with E-state index in [-0.39, 0.29) is 24.8 Å². The van der Waals surface area contributed by atoms with Gasteiger partial charge in [0, 0.05) is 23.1 Å². The highest BCUT2D eigenvalue weighted by Gasteiger charge is 2.28. The van der Waals surface area contributed by atoms with Crippen LogP contribution in [0.15, 0.2) is 48.5 Å². The first-order chi connectivity index (χ1) is 13.0. The third kappa shape index (κ3) is 5.98. The van der Waals surface area contributed by atoms with Gasteiger partial charge < -0.3 is 10.2 Å². The highest BCUT2D eigenvalue weighted by molar-refractivity contribution is 6.31. The van der Waals surface area contributed by atoms with Crippen LogP contribution in [-0.4, -0.2) is 29.3 Å². The number of carbonyl (C=O) groups is 2. The van der Waals surface area contributed by atoms with Crippen LogP contribution in [0.5, 0.6) is 0 Å². The number of rotatable bonds is 8. The summed E-state index contributed by atoms with van der Waals surface area (Å²) in [6, 6.07) is 14.0. The van der Waals surface area contributed by atoms with E-state index in [2.05, 4.69) is 5.32 Å². The van der Waals surface area contributed by atoms with Gasteiger partial charge in [-0.3, -0.25) is 9.59 Å². The number of halogens is 2. The molecule has 144 valence electrons. The van der Waals surface area contributed by atoms with Gasteiger partial charge in [0.1, 0.15) is 6.04 Å². The summed E-state index contributed by atoms with van der Waals surface area (Å²) < 4.78 is 0. The first-order valence-electron chi connectivity index (χ1n) is 9.01.